The van der Waals surface area contributed by atoms with Crippen LogP contribution in [0.1, 0.15) is 44.6 Å². The average molecular weight is 418 g/mol. The van der Waals surface area contributed by atoms with Crippen LogP contribution in [-0.4, -0.2) is 23.9 Å². The molecule has 0 unspecified atom stereocenters. The van der Waals surface area contributed by atoms with Crippen LogP contribution >= 0.6 is 31.9 Å². The minimum Gasteiger partial charge on any atom is -0.325 e. The topological polar surface area (TPSA) is 32.3 Å². The lowest BCUT2D eigenvalue weighted by molar-refractivity contribution is -0.114. The van der Waals surface area contributed by atoms with E-state index in [1.807, 2.05) is 6.07 Å². The lowest BCUT2D eigenvalue weighted by Gasteiger charge is -2.31. The predicted molar refractivity (Wildman–Crippen MR) is 94.5 cm³/mol. The van der Waals surface area contributed by atoms with Gasteiger partial charge in [-0.1, -0.05) is 35.2 Å². The van der Waals surface area contributed by atoms with Crippen molar-refractivity contribution in [2.24, 2.45) is 0 Å². The van der Waals surface area contributed by atoms with E-state index in [4.69, 9.17) is 0 Å². The molecule has 1 aliphatic rings. The van der Waals surface area contributed by atoms with E-state index in [2.05, 4.69) is 55.2 Å². The molecule has 1 aromatic rings. The summed E-state index contributed by atoms with van der Waals surface area (Å²) in [6.07, 6.45) is 6.58. The van der Waals surface area contributed by atoms with Gasteiger partial charge in [-0.2, -0.15) is 0 Å². The Morgan fingerprint density at radius 3 is 2.57 bits per heavy atom. The molecule has 1 saturated carbocycles. The molecule has 0 atom stereocenters. The zero-order valence-corrected chi connectivity index (χ0v) is 15.8. The molecule has 1 fully saturated rings. The maximum absolute atomic E-state index is 11.4. The number of amides is 1. The summed E-state index contributed by atoms with van der Waals surface area (Å²) < 4.78 is 1.94. The summed E-state index contributed by atoms with van der Waals surface area (Å²) >= 11 is 7.09. The quantitative estimate of drug-likeness (QED) is 0.752. The van der Waals surface area contributed by atoms with E-state index in [1.165, 1.54) is 32.1 Å². The van der Waals surface area contributed by atoms with E-state index >= 15 is 0 Å². The van der Waals surface area contributed by atoms with Crippen LogP contribution in [0.3, 0.4) is 0 Å². The van der Waals surface area contributed by atoms with Crippen molar-refractivity contribution < 1.29 is 4.79 Å². The van der Waals surface area contributed by atoms with E-state index in [9.17, 15) is 4.79 Å². The van der Waals surface area contributed by atoms with Gasteiger partial charge in [-0.05, 0) is 53.5 Å². The highest BCUT2D eigenvalue weighted by atomic mass is 79.9. The lowest BCUT2D eigenvalue weighted by Crippen LogP contribution is -2.33. The minimum absolute atomic E-state index is 0.0420. The van der Waals surface area contributed by atoms with E-state index in [0.29, 0.717) is 6.04 Å². The number of anilines is 1. The number of halogens is 2. The molecule has 5 heteroatoms. The molecule has 2 rings (SSSR count). The van der Waals surface area contributed by atoms with Crippen molar-refractivity contribution in [3.05, 3.63) is 26.6 Å². The molecule has 0 spiro atoms. The van der Waals surface area contributed by atoms with Gasteiger partial charge in [0.1, 0.15) is 0 Å². The van der Waals surface area contributed by atoms with Gasteiger partial charge in [0.2, 0.25) is 5.91 Å². The molecular weight excluding hydrogens is 396 g/mol. The van der Waals surface area contributed by atoms with Gasteiger partial charge in [-0.15, -0.1) is 0 Å². The smallest absolute Gasteiger partial charge is 0.221 e. The zero-order chi connectivity index (χ0) is 15.4. The number of carbonyl (C=O) groups excluding carboxylic acids is 1. The number of rotatable bonds is 4. The van der Waals surface area contributed by atoms with Gasteiger partial charge in [-0.3, -0.25) is 9.69 Å². The third-order valence-electron chi connectivity index (χ3n) is 4.06. The predicted octanol–water partition coefficient (Wildman–Crippen LogP) is 4.93. The summed E-state index contributed by atoms with van der Waals surface area (Å²) in [7, 11) is 2.18. The summed E-state index contributed by atoms with van der Waals surface area (Å²) in [5.74, 6) is -0.0420. The summed E-state index contributed by atoms with van der Waals surface area (Å²) in [5.41, 5.74) is 2.02. The minimum atomic E-state index is -0.0420. The molecule has 0 bridgehead atoms. The van der Waals surface area contributed by atoms with Gasteiger partial charge < -0.3 is 5.32 Å². The largest absolute Gasteiger partial charge is 0.325 e. The van der Waals surface area contributed by atoms with Crippen LogP contribution in [0.15, 0.2) is 21.1 Å². The maximum atomic E-state index is 11.4. The number of hydrogen-bond donors (Lipinski definition) is 1. The van der Waals surface area contributed by atoms with Crippen LogP contribution in [0.5, 0.6) is 0 Å². The van der Waals surface area contributed by atoms with Crippen molar-refractivity contribution in [2.45, 2.75) is 51.6 Å². The average Bonchev–Trinajstić information content (AvgIpc) is 2.43. The lowest BCUT2D eigenvalue weighted by atomic mass is 9.94. The van der Waals surface area contributed by atoms with Crippen LogP contribution < -0.4 is 5.32 Å². The Morgan fingerprint density at radius 1 is 1.29 bits per heavy atom. The highest BCUT2D eigenvalue weighted by molar-refractivity contribution is 9.11. The highest BCUT2D eigenvalue weighted by Gasteiger charge is 2.20. The number of nitrogens with one attached hydrogen (secondary N) is 1. The molecule has 3 nitrogen and oxygen atoms in total. The third kappa shape index (κ3) is 4.80. The van der Waals surface area contributed by atoms with Crippen LogP contribution in [0.4, 0.5) is 5.69 Å². The molecular formula is C16H22Br2N2O. The summed E-state index contributed by atoms with van der Waals surface area (Å²) in [4.78, 5) is 13.8. The SMILES string of the molecule is CC(=O)Nc1c(Br)cc(Br)cc1CN(C)C1CCCCC1. The van der Waals surface area contributed by atoms with E-state index in [1.54, 1.807) is 6.92 Å². The van der Waals surface area contributed by atoms with Crippen molar-refractivity contribution in [2.75, 3.05) is 12.4 Å². The zero-order valence-electron chi connectivity index (χ0n) is 12.6. The molecule has 0 radical (unpaired) electrons. The standard InChI is InChI=1S/C16H22Br2N2O/c1-11(21)19-16-12(8-13(17)9-15(16)18)10-20(2)14-6-4-3-5-7-14/h8-9,14H,3-7,10H2,1-2H3,(H,19,21). The first-order valence-electron chi connectivity index (χ1n) is 7.43. The van der Waals surface area contributed by atoms with E-state index in [0.717, 1.165) is 26.7 Å². The van der Waals surface area contributed by atoms with Crippen LogP contribution in [0.2, 0.25) is 0 Å². The molecule has 0 aliphatic heterocycles. The second-order valence-electron chi connectivity index (χ2n) is 5.81. The second kappa shape index (κ2) is 7.75. The third-order valence-corrected chi connectivity index (χ3v) is 5.14. The van der Waals surface area contributed by atoms with Gasteiger partial charge in [0, 0.05) is 28.5 Å². The first-order valence-corrected chi connectivity index (χ1v) is 9.01. The van der Waals surface area contributed by atoms with Crippen LogP contribution in [0, 0.1) is 0 Å². The fraction of sp³-hybridized carbons (Fsp3) is 0.562. The van der Waals surface area contributed by atoms with Crippen molar-refractivity contribution in [1.29, 1.82) is 0 Å². The summed E-state index contributed by atoms with van der Waals surface area (Å²) in [5, 5.41) is 2.94. The number of hydrogen-bond acceptors (Lipinski definition) is 2. The fourth-order valence-electron chi connectivity index (χ4n) is 2.99. The number of carbonyl (C=O) groups is 1. The Labute approximate surface area is 143 Å². The Kier molecular flexibility index (Phi) is 6.26. The van der Waals surface area contributed by atoms with Gasteiger partial charge >= 0.3 is 0 Å². The molecule has 0 saturated heterocycles. The van der Waals surface area contributed by atoms with Crippen LogP contribution in [-0.2, 0) is 11.3 Å². The molecule has 0 heterocycles. The molecule has 116 valence electrons. The molecule has 1 aliphatic carbocycles. The number of benzene rings is 1. The molecule has 1 N–H and O–H groups in total. The number of nitrogens with zero attached hydrogens (tertiary/aromatic N) is 1. The summed E-state index contributed by atoms with van der Waals surface area (Å²) in [6, 6.07) is 4.71. The van der Waals surface area contributed by atoms with E-state index in [-0.39, 0.29) is 5.91 Å². The first kappa shape index (κ1) is 17.0. The first-order chi connectivity index (χ1) is 9.97. The summed E-state index contributed by atoms with van der Waals surface area (Å²) in [6.45, 7) is 2.39. The van der Waals surface area contributed by atoms with Crippen molar-refractivity contribution in [1.82, 2.24) is 4.90 Å². The maximum Gasteiger partial charge on any atom is 0.221 e. The van der Waals surface area contributed by atoms with Crippen molar-refractivity contribution >= 4 is 43.5 Å². The van der Waals surface area contributed by atoms with E-state index < -0.39 is 0 Å². The second-order valence-corrected chi connectivity index (χ2v) is 7.58. The monoisotopic (exact) mass is 416 g/mol. The molecule has 0 aromatic heterocycles. The van der Waals surface area contributed by atoms with Gasteiger partial charge in [-0.25, -0.2) is 0 Å². The Bertz CT molecular complexity index is 513. The van der Waals surface area contributed by atoms with Gasteiger partial charge in [0.05, 0.1) is 5.69 Å². The molecule has 1 aromatic carbocycles. The Morgan fingerprint density at radius 2 is 1.95 bits per heavy atom. The Balaban J connectivity index is 2.18. The van der Waals surface area contributed by atoms with Crippen LogP contribution in [0.25, 0.3) is 0 Å². The molecule has 1 amide bonds. The normalized spacial score (nSPS) is 16.2. The van der Waals surface area contributed by atoms with Crippen molar-refractivity contribution in [3.8, 4) is 0 Å². The van der Waals surface area contributed by atoms with Gasteiger partial charge in [0.15, 0.2) is 0 Å². The fourth-order valence-corrected chi connectivity index (χ4v) is 4.40. The molecule has 21 heavy (non-hydrogen) atoms. The Hall–Kier alpha value is -0.390. The van der Waals surface area contributed by atoms with Gasteiger partial charge in [0.25, 0.3) is 0 Å². The highest BCUT2D eigenvalue weighted by Crippen LogP contribution is 2.32. The van der Waals surface area contributed by atoms with Crippen molar-refractivity contribution in [3.63, 3.8) is 0 Å².